The van der Waals surface area contributed by atoms with Crippen molar-refractivity contribution in [3.63, 3.8) is 0 Å². The molecule has 0 radical (unpaired) electrons. The van der Waals surface area contributed by atoms with Gasteiger partial charge >= 0.3 is 0 Å². The van der Waals surface area contributed by atoms with Gasteiger partial charge in [0.2, 0.25) is 10.0 Å². The summed E-state index contributed by atoms with van der Waals surface area (Å²) in [4.78, 5) is 1.46. The van der Waals surface area contributed by atoms with Gasteiger partial charge in [0, 0.05) is 23.2 Å². The van der Waals surface area contributed by atoms with Crippen LogP contribution in [0.15, 0.2) is 41.3 Å². The number of likely N-dealkylation sites (N-methyl/N-ethyl adjacent to an activating group) is 1. The summed E-state index contributed by atoms with van der Waals surface area (Å²) in [7, 11) is -0.639. The van der Waals surface area contributed by atoms with Crippen molar-refractivity contribution in [2.24, 2.45) is 0 Å². The second kappa shape index (κ2) is 7.97. The smallest absolute Gasteiger partial charge is 0.242 e. The van der Waals surface area contributed by atoms with Crippen molar-refractivity contribution >= 4 is 33.2 Å². The largest absolute Gasteiger partial charge is 0.301 e. The molecule has 2 aromatic carbocycles. The summed E-state index contributed by atoms with van der Waals surface area (Å²) >= 11 is 11.8. The van der Waals surface area contributed by atoms with E-state index in [1.54, 1.807) is 19.0 Å². The van der Waals surface area contributed by atoms with Crippen LogP contribution in [0.25, 0.3) is 0 Å². The van der Waals surface area contributed by atoms with Crippen molar-refractivity contribution in [1.82, 2.24) is 9.62 Å². The Balaban J connectivity index is 2.28. The van der Waals surface area contributed by atoms with Gasteiger partial charge in [-0.1, -0.05) is 29.3 Å². The minimum Gasteiger partial charge on any atom is -0.301 e. The maximum Gasteiger partial charge on any atom is 0.242 e. The van der Waals surface area contributed by atoms with Crippen LogP contribution < -0.4 is 4.72 Å². The highest BCUT2D eigenvalue weighted by molar-refractivity contribution is 7.89. The first-order valence-electron chi connectivity index (χ1n) is 7.18. The van der Waals surface area contributed by atoms with Gasteiger partial charge in [-0.15, -0.1) is 0 Å². The predicted octanol–water partition coefficient (Wildman–Crippen LogP) is 3.85. The van der Waals surface area contributed by atoms with Crippen molar-refractivity contribution in [2.45, 2.75) is 10.9 Å². The van der Waals surface area contributed by atoms with E-state index in [1.165, 1.54) is 24.3 Å². The molecule has 0 aliphatic heterocycles. The maximum absolute atomic E-state index is 14.0. The molecule has 0 fully saturated rings. The van der Waals surface area contributed by atoms with Gasteiger partial charge in [0.25, 0.3) is 0 Å². The summed E-state index contributed by atoms with van der Waals surface area (Å²) < 4.78 is 54.5. The Labute approximate surface area is 155 Å². The Kier molecular flexibility index (Phi) is 6.40. The molecule has 2 aromatic rings. The standard InChI is InChI=1S/C16H16Cl2F2N2O2S/c1-22(2)15(12-5-4-11(19)8-14(12)20)9-21-25(23,24)16-7-10(17)3-6-13(16)18/h3-8,15,21H,9H2,1-2H3/t15-/m0/s1. The molecule has 1 N–H and O–H groups in total. The first kappa shape index (κ1) is 20.1. The zero-order chi connectivity index (χ0) is 18.8. The second-order valence-electron chi connectivity index (χ2n) is 5.57. The molecule has 1 atom stereocenters. The highest BCUT2D eigenvalue weighted by Gasteiger charge is 2.24. The molecule has 0 aliphatic carbocycles. The Bertz CT molecular complexity index is 876. The molecule has 0 amide bonds. The number of rotatable bonds is 6. The lowest BCUT2D eigenvalue weighted by Gasteiger charge is -2.25. The van der Waals surface area contributed by atoms with E-state index < -0.39 is 27.7 Å². The van der Waals surface area contributed by atoms with E-state index in [9.17, 15) is 17.2 Å². The van der Waals surface area contributed by atoms with Gasteiger partial charge < -0.3 is 4.90 Å². The van der Waals surface area contributed by atoms with E-state index in [0.717, 1.165) is 12.1 Å². The summed E-state index contributed by atoms with van der Waals surface area (Å²) in [5.41, 5.74) is 0.172. The molecule has 25 heavy (non-hydrogen) atoms. The molecule has 2 rings (SSSR count). The third-order valence-electron chi connectivity index (χ3n) is 3.59. The van der Waals surface area contributed by atoms with Gasteiger partial charge in [0.05, 0.1) is 11.1 Å². The van der Waals surface area contributed by atoms with Crippen LogP contribution >= 0.6 is 23.2 Å². The van der Waals surface area contributed by atoms with Gasteiger partial charge in [0.15, 0.2) is 0 Å². The van der Waals surface area contributed by atoms with Crippen molar-refractivity contribution in [3.8, 4) is 0 Å². The average Bonchev–Trinajstić information content (AvgIpc) is 2.51. The summed E-state index contributed by atoms with van der Waals surface area (Å²) in [5, 5.41) is 0.241. The number of sulfonamides is 1. The minimum absolute atomic E-state index is 0.0197. The number of hydrogen-bond acceptors (Lipinski definition) is 3. The average molecular weight is 409 g/mol. The van der Waals surface area contributed by atoms with Crippen molar-refractivity contribution < 1.29 is 17.2 Å². The van der Waals surface area contributed by atoms with Gasteiger partial charge in [-0.05, 0) is 38.4 Å². The quantitative estimate of drug-likeness (QED) is 0.789. The fourth-order valence-corrected chi connectivity index (χ4v) is 4.09. The van der Waals surface area contributed by atoms with E-state index in [0.29, 0.717) is 0 Å². The lowest BCUT2D eigenvalue weighted by molar-refractivity contribution is 0.291. The van der Waals surface area contributed by atoms with E-state index in [1.807, 2.05) is 0 Å². The molecule has 0 bridgehead atoms. The summed E-state index contributed by atoms with van der Waals surface area (Å²) in [5.74, 6) is -1.45. The molecule has 0 unspecified atom stereocenters. The zero-order valence-corrected chi connectivity index (χ0v) is 15.8. The molecule has 0 spiro atoms. The molecular weight excluding hydrogens is 393 g/mol. The van der Waals surface area contributed by atoms with Crippen molar-refractivity contribution in [3.05, 3.63) is 63.6 Å². The van der Waals surface area contributed by atoms with Gasteiger partial charge in [-0.3, -0.25) is 0 Å². The van der Waals surface area contributed by atoms with Crippen LogP contribution in [0, 0.1) is 11.6 Å². The van der Waals surface area contributed by atoms with E-state index in [2.05, 4.69) is 4.72 Å². The first-order valence-corrected chi connectivity index (χ1v) is 9.42. The lowest BCUT2D eigenvalue weighted by atomic mass is 10.1. The van der Waals surface area contributed by atoms with Crippen molar-refractivity contribution in [1.29, 1.82) is 0 Å². The number of hydrogen-bond donors (Lipinski definition) is 1. The Morgan fingerprint density at radius 1 is 1.12 bits per heavy atom. The van der Waals surface area contributed by atoms with Crippen LogP contribution in [0.4, 0.5) is 8.78 Å². The summed E-state index contributed by atoms with van der Waals surface area (Å²) in [6.07, 6.45) is 0. The highest BCUT2D eigenvalue weighted by atomic mass is 35.5. The Morgan fingerprint density at radius 2 is 1.80 bits per heavy atom. The van der Waals surface area contributed by atoms with E-state index in [4.69, 9.17) is 23.2 Å². The summed E-state index contributed by atoms with van der Waals surface area (Å²) in [6, 6.07) is 6.60. The highest BCUT2D eigenvalue weighted by Crippen LogP contribution is 2.26. The third kappa shape index (κ3) is 4.89. The fraction of sp³-hybridized carbons (Fsp3) is 0.250. The van der Waals surface area contributed by atoms with Crippen LogP contribution in [0.1, 0.15) is 11.6 Å². The molecule has 0 aliphatic rings. The van der Waals surface area contributed by atoms with Crippen molar-refractivity contribution in [2.75, 3.05) is 20.6 Å². The van der Waals surface area contributed by atoms with Crippen LogP contribution in [-0.2, 0) is 10.0 Å². The SMILES string of the molecule is CN(C)[C@@H](CNS(=O)(=O)c1cc(Cl)ccc1Cl)c1ccc(F)cc1F. The molecule has 0 saturated carbocycles. The molecule has 0 aromatic heterocycles. The number of halogens is 4. The molecule has 4 nitrogen and oxygen atoms in total. The molecular formula is C16H16Cl2F2N2O2S. The van der Waals surface area contributed by atoms with E-state index in [-0.39, 0.29) is 27.0 Å². The molecule has 136 valence electrons. The van der Waals surface area contributed by atoms with Gasteiger partial charge in [-0.2, -0.15) is 0 Å². The number of benzene rings is 2. The predicted molar refractivity (Wildman–Crippen MR) is 94.4 cm³/mol. The molecule has 0 saturated heterocycles. The van der Waals surface area contributed by atoms with E-state index >= 15 is 0 Å². The van der Waals surface area contributed by atoms with Crippen LogP contribution in [0.2, 0.25) is 10.0 Å². The second-order valence-corrected chi connectivity index (χ2v) is 8.15. The number of nitrogens with one attached hydrogen (secondary N) is 1. The van der Waals surface area contributed by atoms with Gasteiger partial charge in [0.1, 0.15) is 16.5 Å². The van der Waals surface area contributed by atoms with Crippen LogP contribution in [0.5, 0.6) is 0 Å². The fourth-order valence-electron chi connectivity index (χ4n) is 2.29. The zero-order valence-electron chi connectivity index (χ0n) is 13.4. The molecule has 9 heteroatoms. The van der Waals surface area contributed by atoms with Crippen LogP contribution in [0.3, 0.4) is 0 Å². The monoisotopic (exact) mass is 408 g/mol. The first-order chi connectivity index (χ1) is 11.6. The maximum atomic E-state index is 14.0. The normalized spacial score (nSPS) is 13.2. The topological polar surface area (TPSA) is 49.4 Å². The van der Waals surface area contributed by atoms with Gasteiger partial charge in [-0.25, -0.2) is 21.9 Å². The number of nitrogens with zero attached hydrogens (tertiary/aromatic N) is 1. The molecule has 0 heterocycles. The lowest BCUT2D eigenvalue weighted by Crippen LogP contribution is -2.35. The third-order valence-corrected chi connectivity index (χ3v) is 5.73. The van der Waals surface area contributed by atoms with Crippen LogP contribution in [-0.4, -0.2) is 34.0 Å². The summed E-state index contributed by atoms with van der Waals surface area (Å²) in [6.45, 7) is -0.138. The Morgan fingerprint density at radius 3 is 2.40 bits per heavy atom. The Hall–Kier alpha value is -1.25. The minimum atomic E-state index is -3.96.